The van der Waals surface area contributed by atoms with Gasteiger partial charge in [-0.05, 0) is 42.4 Å². The standard InChI is InChI=1S/C15H19FO/c1-15(2)8-6-11(7-9-15)13-5-4-12(17-3)10-14(13)16/h4-6,10H,7-9H2,1-3H3. The Kier molecular flexibility index (Phi) is 3.23. The third-order valence-electron chi connectivity index (χ3n) is 3.49. The van der Waals surface area contributed by atoms with E-state index in [4.69, 9.17) is 4.74 Å². The zero-order valence-corrected chi connectivity index (χ0v) is 10.7. The number of allylic oxidation sites excluding steroid dienone is 2. The topological polar surface area (TPSA) is 9.23 Å². The van der Waals surface area contributed by atoms with Crippen molar-refractivity contribution in [2.24, 2.45) is 5.41 Å². The van der Waals surface area contributed by atoms with Crippen LogP contribution in [-0.4, -0.2) is 7.11 Å². The van der Waals surface area contributed by atoms with Crippen molar-refractivity contribution in [1.82, 2.24) is 0 Å². The van der Waals surface area contributed by atoms with Gasteiger partial charge in [-0.15, -0.1) is 0 Å². The molecule has 1 aromatic carbocycles. The molecule has 1 nitrogen and oxygen atoms in total. The quantitative estimate of drug-likeness (QED) is 0.735. The summed E-state index contributed by atoms with van der Waals surface area (Å²) in [5, 5.41) is 0. The zero-order valence-electron chi connectivity index (χ0n) is 10.7. The summed E-state index contributed by atoms with van der Waals surface area (Å²) in [6.45, 7) is 4.51. The number of ether oxygens (including phenoxy) is 1. The first-order chi connectivity index (χ1) is 8.02. The first-order valence-corrected chi connectivity index (χ1v) is 6.05. The summed E-state index contributed by atoms with van der Waals surface area (Å²) in [5.74, 6) is 0.387. The van der Waals surface area contributed by atoms with Crippen LogP contribution >= 0.6 is 0 Å². The van der Waals surface area contributed by atoms with E-state index >= 15 is 0 Å². The summed E-state index contributed by atoms with van der Waals surface area (Å²) in [7, 11) is 1.55. The Morgan fingerprint density at radius 1 is 1.29 bits per heavy atom. The average Bonchev–Trinajstić information content (AvgIpc) is 2.29. The lowest BCUT2D eigenvalue weighted by Gasteiger charge is -2.28. The Hall–Kier alpha value is -1.31. The van der Waals surface area contributed by atoms with Crippen LogP contribution in [0.15, 0.2) is 24.3 Å². The van der Waals surface area contributed by atoms with E-state index in [1.165, 1.54) is 6.07 Å². The molecule has 1 aliphatic rings. The Labute approximate surface area is 102 Å². The molecule has 0 amide bonds. The van der Waals surface area contributed by atoms with Crippen molar-refractivity contribution < 1.29 is 9.13 Å². The lowest BCUT2D eigenvalue weighted by atomic mass is 9.77. The minimum absolute atomic E-state index is 0.185. The third kappa shape index (κ3) is 2.68. The number of hydrogen-bond acceptors (Lipinski definition) is 1. The van der Waals surface area contributed by atoms with Crippen LogP contribution in [0.3, 0.4) is 0 Å². The molecular weight excluding hydrogens is 215 g/mol. The molecule has 0 spiro atoms. The van der Waals surface area contributed by atoms with E-state index in [-0.39, 0.29) is 5.82 Å². The number of hydrogen-bond donors (Lipinski definition) is 0. The summed E-state index contributed by atoms with van der Waals surface area (Å²) < 4.78 is 18.9. The van der Waals surface area contributed by atoms with Gasteiger partial charge in [0.05, 0.1) is 7.11 Å². The molecule has 0 fully saturated rings. The van der Waals surface area contributed by atoms with E-state index in [0.717, 1.165) is 30.4 Å². The highest BCUT2D eigenvalue weighted by atomic mass is 19.1. The zero-order chi connectivity index (χ0) is 12.5. The molecule has 0 atom stereocenters. The molecule has 2 heteroatoms. The summed E-state index contributed by atoms with van der Waals surface area (Å²) in [5.41, 5.74) is 2.21. The maximum atomic E-state index is 13.9. The Bertz CT molecular complexity index is 446. The maximum Gasteiger partial charge on any atom is 0.134 e. The molecule has 0 saturated heterocycles. The van der Waals surface area contributed by atoms with Crippen LogP contribution in [0.4, 0.5) is 4.39 Å². The highest BCUT2D eigenvalue weighted by Crippen LogP contribution is 2.38. The van der Waals surface area contributed by atoms with Crippen LogP contribution in [0.1, 0.15) is 38.7 Å². The van der Waals surface area contributed by atoms with Crippen molar-refractivity contribution in [1.29, 1.82) is 0 Å². The fourth-order valence-electron chi connectivity index (χ4n) is 2.20. The highest BCUT2D eigenvalue weighted by Gasteiger charge is 2.23. The summed E-state index contributed by atoms with van der Waals surface area (Å²) in [6.07, 6.45) is 5.27. The average molecular weight is 234 g/mol. The molecule has 0 aliphatic heterocycles. The van der Waals surface area contributed by atoms with Crippen molar-refractivity contribution in [2.75, 3.05) is 7.11 Å². The second kappa shape index (κ2) is 4.52. The first-order valence-electron chi connectivity index (χ1n) is 6.05. The van der Waals surface area contributed by atoms with Gasteiger partial charge in [0.2, 0.25) is 0 Å². The molecule has 1 aromatic rings. The van der Waals surface area contributed by atoms with Crippen molar-refractivity contribution in [3.63, 3.8) is 0 Å². The van der Waals surface area contributed by atoms with Gasteiger partial charge in [-0.2, -0.15) is 0 Å². The SMILES string of the molecule is COc1ccc(C2=CCC(C)(C)CC2)c(F)c1. The van der Waals surface area contributed by atoms with Crippen LogP contribution in [0.5, 0.6) is 5.75 Å². The van der Waals surface area contributed by atoms with Crippen molar-refractivity contribution in [3.8, 4) is 5.75 Å². The van der Waals surface area contributed by atoms with Gasteiger partial charge >= 0.3 is 0 Å². The second-order valence-corrected chi connectivity index (χ2v) is 5.44. The lowest BCUT2D eigenvalue weighted by molar-refractivity contribution is 0.334. The molecule has 0 radical (unpaired) electrons. The molecule has 92 valence electrons. The van der Waals surface area contributed by atoms with Crippen LogP contribution in [0, 0.1) is 11.2 Å². The van der Waals surface area contributed by atoms with Crippen molar-refractivity contribution in [2.45, 2.75) is 33.1 Å². The van der Waals surface area contributed by atoms with E-state index < -0.39 is 0 Å². The van der Waals surface area contributed by atoms with Gasteiger partial charge in [0.15, 0.2) is 0 Å². The van der Waals surface area contributed by atoms with E-state index in [0.29, 0.717) is 11.2 Å². The predicted molar refractivity (Wildman–Crippen MR) is 68.6 cm³/mol. The minimum Gasteiger partial charge on any atom is -0.497 e. The summed E-state index contributed by atoms with van der Waals surface area (Å²) >= 11 is 0. The molecule has 0 saturated carbocycles. The van der Waals surface area contributed by atoms with Crippen LogP contribution in [0.2, 0.25) is 0 Å². The number of benzene rings is 1. The molecule has 17 heavy (non-hydrogen) atoms. The van der Waals surface area contributed by atoms with Crippen molar-refractivity contribution >= 4 is 5.57 Å². The third-order valence-corrected chi connectivity index (χ3v) is 3.49. The Morgan fingerprint density at radius 2 is 2.06 bits per heavy atom. The first kappa shape index (κ1) is 12.2. The largest absolute Gasteiger partial charge is 0.497 e. The van der Waals surface area contributed by atoms with Crippen molar-refractivity contribution in [3.05, 3.63) is 35.7 Å². The van der Waals surface area contributed by atoms with E-state index in [2.05, 4.69) is 19.9 Å². The highest BCUT2D eigenvalue weighted by molar-refractivity contribution is 5.67. The fourth-order valence-corrected chi connectivity index (χ4v) is 2.20. The molecular formula is C15H19FO. The summed E-state index contributed by atoms with van der Waals surface area (Å²) in [4.78, 5) is 0. The van der Waals surface area contributed by atoms with Crippen LogP contribution in [0.25, 0.3) is 5.57 Å². The van der Waals surface area contributed by atoms with Gasteiger partial charge in [-0.25, -0.2) is 4.39 Å². The molecule has 2 rings (SSSR count). The molecule has 0 bridgehead atoms. The van der Waals surface area contributed by atoms with Crippen LogP contribution < -0.4 is 4.74 Å². The smallest absolute Gasteiger partial charge is 0.134 e. The van der Waals surface area contributed by atoms with Gasteiger partial charge in [-0.1, -0.05) is 19.9 Å². The molecule has 0 unspecified atom stereocenters. The Morgan fingerprint density at radius 3 is 2.59 bits per heavy atom. The normalized spacial score (nSPS) is 18.7. The monoisotopic (exact) mass is 234 g/mol. The fraction of sp³-hybridized carbons (Fsp3) is 0.467. The van der Waals surface area contributed by atoms with Gasteiger partial charge in [-0.3, -0.25) is 0 Å². The molecule has 0 heterocycles. The number of halogens is 1. The van der Waals surface area contributed by atoms with Gasteiger partial charge in [0.25, 0.3) is 0 Å². The number of methoxy groups -OCH3 is 1. The minimum atomic E-state index is -0.185. The predicted octanol–water partition coefficient (Wildman–Crippen LogP) is 4.43. The molecule has 0 N–H and O–H groups in total. The van der Waals surface area contributed by atoms with Gasteiger partial charge < -0.3 is 4.74 Å². The van der Waals surface area contributed by atoms with Crippen LogP contribution in [-0.2, 0) is 0 Å². The van der Waals surface area contributed by atoms with Gasteiger partial charge in [0.1, 0.15) is 11.6 Å². The van der Waals surface area contributed by atoms with E-state index in [9.17, 15) is 4.39 Å². The molecule has 1 aliphatic carbocycles. The lowest BCUT2D eigenvalue weighted by Crippen LogP contribution is -2.14. The summed E-state index contributed by atoms with van der Waals surface area (Å²) in [6, 6.07) is 5.09. The maximum absolute atomic E-state index is 13.9. The number of rotatable bonds is 2. The van der Waals surface area contributed by atoms with E-state index in [1.807, 2.05) is 12.1 Å². The van der Waals surface area contributed by atoms with Gasteiger partial charge in [0, 0.05) is 11.6 Å². The Balaban J connectivity index is 2.27. The van der Waals surface area contributed by atoms with E-state index in [1.54, 1.807) is 7.11 Å². The second-order valence-electron chi connectivity index (χ2n) is 5.44. The molecule has 0 aromatic heterocycles.